The van der Waals surface area contributed by atoms with E-state index in [9.17, 15) is 0 Å². The lowest BCUT2D eigenvalue weighted by Crippen LogP contribution is -2.37. The molecular weight excluding hydrogens is 150 g/mol. The molecule has 0 aromatic heterocycles. The van der Waals surface area contributed by atoms with E-state index in [2.05, 4.69) is 10.1 Å². The van der Waals surface area contributed by atoms with Crippen molar-refractivity contribution in [1.82, 2.24) is 5.32 Å². The van der Waals surface area contributed by atoms with E-state index in [4.69, 9.17) is 15.3 Å². The Morgan fingerprint density at radius 1 is 1.45 bits per heavy atom. The van der Waals surface area contributed by atoms with Gasteiger partial charge < -0.3 is 25.4 Å². The third-order valence-electron chi connectivity index (χ3n) is 1.64. The standard InChI is InChI=1S/C6H13NO4/c8-6(9,10)11-4-5-2-1-3-7-5/h5,7-10H,1-4H2. The van der Waals surface area contributed by atoms with Gasteiger partial charge >= 0.3 is 6.16 Å². The first kappa shape index (κ1) is 8.89. The average molecular weight is 163 g/mol. The molecular formula is C6H13NO4. The normalized spacial score (nSPS) is 25.9. The van der Waals surface area contributed by atoms with Gasteiger partial charge in [-0.1, -0.05) is 0 Å². The molecule has 0 spiro atoms. The molecule has 0 amide bonds. The molecule has 1 aliphatic rings. The van der Waals surface area contributed by atoms with Gasteiger partial charge in [-0.05, 0) is 19.4 Å². The zero-order valence-electron chi connectivity index (χ0n) is 6.16. The fourth-order valence-electron chi connectivity index (χ4n) is 1.11. The van der Waals surface area contributed by atoms with Crippen LogP contribution in [0.3, 0.4) is 0 Å². The largest absolute Gasteiger partial charge is 0.405 e. The van der Waals surface area contributed by atoms with Crippen LogP contribution in [0, 0.1) is 0 Å². The fourth-order valence-corrected chi connectivity index (χ4v) is 1.11. The van der Waals surface area contributed by atoms with Crippen molar-refractivity contribution in [3.05, 3.63) is 0 Å². The predicted molar refractivity (Wildman–Crippen MR) is 36.4 cm³/mol. The summed E-state index contributed by atoms with van der Waals surface area (Å²) in [6, 6.07) is 0.126. The van der Waals surface area contributed by atoms with Gasteiger partial charge in [0.2, 0.25) is 0 Å². The first-order chi connectivity index (χ1) is 5.08. The van der Waals surface area contributed by atoms with Crippen molar-refractivity contribution in [3.63, 3.8) is 0 Å². The molecule has 5 heteroatoms. The van der Waals surface area contributed by atoms with E-state index >= 15 is 0 Å². The maximum absolute atomic E-state index is 8.34. The van der Waals surface area contributed by atoms with Gasteiger partial charge in [0, 0.05) is 6.04 Å². The number of rotatable bonds is 3. The van der Waals surface area contributed by atoms with Crippen molar-refractivity contribution < 1.29 is 20.1 Å². The molecule has 0 radical (unpaired) electrons. The molecule has 1 saturated heterocycles. The Morgan fingerprint density at radius 3 is 2.64 bits per heavy atom. The highest BCUT2D eigenvalue weighted by molar-refractivity contribution is 4.73. The Morgan fingerprint density at radius 2 is 2.18 bits per heavy atom. The molecule has 11 heavy (non-hydrogen) atoms. The van der Waals surface area contributed by atoms with E-state index in [1.807, 2.05) is 0 Å². The average Bonchev–Trinajstić information content (AvgIpc) is 2.32. The van der Waals surface area contributed by atoms with Crippen molar-refractivity contribution >= 4 is 0 Å². The third-order valence-corrected chi connectivity index (χ3v) is 1.64. The molecule has 1 unspecified atom stereocenters. The van der Waals surface area contributed by atoms with Crippen LogP contribution in [0.15, 0.2) is 0 Å². The van der Waals surface area contributed by atoms with Crippen molar-refractivity contribution in [2.75, 3.05) is 13.2 Å². The number of hydrogen-bond acceptors (Lipinski definition) is 5. The van der Waals surface area contributed by atoms with Crippen LogP contribution >= 0.6 is 0 Å². The highest BCUT2D eigenvalue weighted by Crippen LogP contribution is 2.07. The summed E-state index contributed by atoms with van der Waals surface area (Å²) < 4.78 is 4.32. The van der Waals surface area contributed by atoms with Crippen LogP contribution in [-0.2, 0) is 4.74 Å². The SMILES string of the molecule is OC(O)(O)OCC1CCCN1. The summed E-state index contributed by atoms with van der Waals surface area (Å²) >= 11 is 0. The van der Waals surface area contributed by atoms with Crippen LogP contribution in [0.2, 0.25) is 0 Å². The second-order valence-electron chi connectivity index (χ2n) is 2.68. The molecule has 0 saturated carbocycles. The van der Waals surface area contributed by atoms with E-state index in [1.165, 1.54) is 0 Å². The zero-order chi connectivity index (χ0) is 8.32. The Balaban J connectivity index is 2.11. The summed E-state index contributed by atoms with van der Waals surface area (Å²) in [6.07, 6.45) is -0.982. The topological polar surface area (TPSA) is 82.0 Å². The molecule has 0 bridgehead atoms. The highest BCUT2D eigenvalue weighted by Gasteiger charge is 2.23. The summed E-state index contributed by atoms with van der Waals surface area (Å²) in [5.41, 5.74) is 0. The number of nitrogens with one attached hydrogen (secondary N) is 1. The molecule has 1 atom stereocenters. The van der Waals surface area contributed by atoms with Gasteiger partial charge in [0.15, 0.2) is 0 Å². The lowest BCUT2D eigenvalue weighted by Gasteiger charge is -2.17. The summed E-state index contributed by atoms with van der Waals surface area (Å²) in [6.45, 7) is 1.03. The Labute approximate surface area is 64.6 Å². The molecule has 1 fully saturated rings. The third kappa shape index (κ3) is 3.64. The summed E-state index contributed by atoms with van der Waals surface area (Å²) in [4.78, 5) is 0. The quantitative estimate of drug-likeness (QED) is 0.374. The fraction of sp³-hybridized carbons (Fsp3) is 1.00. The van der Waals surface area contributed by atoms with Crippen LogP contribution in [-0.4, -0.2) is 40.7 Å². The molecule has 5 nitrogen and oxygen atoms in total. The summed E-state index contributed by atoms with van der Waals surface area (Å²) in [5.74, 6) is 0. The molecule has 1 rings (SSSR count). The van der Waals surface area contributed by atoms with Crippen LogP contribution in [0.5, 0.6) is 0 Å². The van der Waals surface area contributed by atoms with E-state index < -0.39 is 6.16 Å². The van der Waals surface area contributed by atoms with Crippen molar-refractivity contribution in [2.45, 2.75) is 25.0 Å². The van der Waals surface area contributed by atoms with E-state index in [0.29, 0.717) is 0 Å². The molecule has 0 aromatic carbocycles. The van der Waals surface area contributed by atoms with Crippen molar-refractivity contribution in [3.8, 4) is 0 Å². The minimum absolute atomic E-state index is 0.115. The van der Waals surface area contributed by atoms with Crippen molar-refractivity contribution in [1.29, 1.82) is 0 Å². The predicted octanol–water partition coefficient (Wildman–Crippen LogP) is -1.66. The number of ether oxygens (including phenoxy) is 1. The first-order valence-corrected chi connectivity index (χ1v) is 3.62. The monoisotopic (exact) mass is 163 g/mol. The molecule has 4 N–H and O–H groups in total. The zero-order valence-corrected chi connectivity index (χ0v) is 6.16. The molecule has 1 aliphatic heterocycles. The van der Waals surface area contributed by atoms with Crippen LogP contribution in [0.25, 0.3) is 0 Å². The van der Waals surface area contributed by atoms with E-state index in [0.717, 1.165) is 19.4 Å². The Bertz CT molecular complexity index is 116. The van der Waals surface area contributed by atoms with E-state index in [-0.39, 0.29) is 12.6 Å². The molecule has 1 heterocycles. The van der Waals surface area contributed by atoms with Crippen LogP contribution in [0.4, 0.5) is 0 Å². The molecule has 0 aliphatic carbocycles. The van der Waals surface area contributed by atoms with Gasteiger partial charge in [0.1, 0.15) is 0 Å². The van der Waals surface area contributed by atoms with Gasteiger partial charge in [0.25, 0.3) is 0 Å². The van der Waals surface area contributed by atoms with Gasteiger partial charge in [-0.25, -0.2) is 0 Å². The first-order valence-electron chi connectivity index (χ1n) is 3.62. The van der Waals surface area contributed by atoms with Crippen LogP contribution in [0.1, 0.15) is 12.8 Å². The Kier molecular flexibility index (Phi) is 2.80. The van der Waals surface area contributed by atoms with Gasteiger partial charge in [-0.3, -0.25) is 0 Å². The number of aliphatic hydroxyl groups is 3. The van der Waals surface area contributed by atoms with Gasteiger partial charge in [-0.15, -0.1) is 0 Å². The van der Waals surface area contributed by atoms with Crippen LogP contribution < -0.4 is 5.32 Å². The van der Waals surface area contributed by atoms with Gasteiger partial charge in [-0.2, -0.15) is 0 Å². The van der Waals surface area contributed by atoms with Gasteiger partial charge in [0.05, 0.1) is 6.61 Å². The molecule has 66 valence electrons. The lowest BCUT2D eigenvalue weighted by atomic mass is 10.2. The summed E-state index contributed by atoms with van der Waals surface area (Å²) in [5, 5.41) is 28.1. The number of hydrogen-bond donors (Lipinski definition) is 4. The minimum Gasteiger partial charge on any atom is -0.319 e. The second-order valence-corrected chi connectivity index (χ2v) is 2.68. The van der Waals surface area contributed by atoms with E-state index in [1.54, 1.807) is 0 Å². The lowest BCUT2D eigenvalue weighted by molar-refractivity contribution is -0.455. The molecule has 0 aromatic rings. The maximum Gasteiger partial charge on any atom is 0.405 e. The smallest absolute Gasteiger partial charge is 0.319 e. The second kappa shape index (κ2) is 3.46. The minimum atomic E-state index is -2.98. The van der Waals surface area contributed by atoms with Crippen molar-refractivity contribution in [2.24, 2.45) is 0 Å². The highest BCUT2D eigenvalue weighted by atomic mass is 16.9. The Hall–Kier alpha value is -0.200. The summed E-state index contributed by atoms with van der Waals surface area (Å²) in [7, 11) is 0. The maximum atomic E-state index is 8.34.